The molecule has 0 N–H and O–H groups in total. The van der Waals surface area contributed by atoms with E-state index in [9.17, 15) is 26.7 Å². The Morgan fingerprint density at radius 3 is 2.28 bits per heavy atom. The number of ether oxygens (including phenoxy) is 1. The third-order valence-corrected chi connectivity index (χ3v) is 2.28. The Morgan fingerprint density at radius 2 is 1.89 bits per heavy atom. The van der Waals surface area contributed by atoms with Crippen molar-refractivity contribution in [3.05, 3.63) is 28.3 Å². The van der Waals surface area contributed by atoms with E-state index in [1.165, 1.54) is 0 Å². The Bertz CT molecular complexity index is 470. The van der Waals surface area contributed by atoms with E-state index >= 15 is 0 Å². The molecule has 0 aliphatic carbocycles. The number of hydrogen-bond donors (Lipinski definition) is 0. The minimum absolute atomic E-state index is 0.319. The van der Waals surface area contributed by atoms with Crippen molar-refractivity contribution in [3.8, 4) is 5.75 Å². The summed E-state index contributed by atoms with van der Waals surface area (Å²) < 4.78 is 65.4. The Hall–Kier alpha value is -1.37. The molecule has 8 heteroatoms. The molecule has 0 saturated carbocycles. The maximum atomic E-state index is 12.5. The molecule has 0 aromatic heterocycles. The van der Waals surface area contributed by atoms with Gasteiger partial charge >= 0.3 is 12.8 Å². The fourth-order valence-electron chi connectivity index (χ4n) is 1.24. The van der Waals surface area contributed by atoms with Crippen LogP contribution in [0.5, 0.6) is 5.75 Å². The SMILES string of the molecule is CC(=O)c1cc(OC(F)F)c(C(F)(F)F)cc1Cl. The van der Waals surface area contributed by atoms with E-state index in [1.54, 1.807) is 0 Å². The van der Waals surface area contributed by atoms with Gasteiger partial charge in [0.15, 0.2) is 5.78 Å². The molecule has 18 heavy (non-hydrogen) atoms. The Morgan fingerprint density at radius 1 is 1.33 bits per heavy atom. The van der Waals surface area contributed by atoms with Crippen molar-refractivity contribution in [2.75, 3.05) is 0 Å². The number of halogens is 6. The van der Waals surface area contributed by atoms with Gasteiger partial charge in [-0.05, 0) is 19.1 Å². The molecule has 0 aliphatic rings. The third kappa shape index (κ3) is 3.32. The van der Waals surface area contributed by atoms with Gasteiger partial charge in [-0.2, -0.15) is 22.0 Å². The number of Topliss-reactive ketones (excluding diaryl/α,β-unsaturated/α-hetero) is 1. The van der Waals surface area contributed by atoms with E-state index in [2.05, 4.69) is 4.74 Å². The zero-order valence-corrected chi connectivity index (χ0v) is 9.57. The van der Waals surface area contributed by atoms with Gasteiger partial charge in [-0.25, -0.2) is 0 Å². The number of carbonyl (C=O) groups excluding carboxylic acids is 1. The van der Waals surface area contributed by atoms with Crippen LogP contribution in [0, 0.1) is 0 Å². The second kappa shape index (κ2) is 5.09. The average Bonchev–Trinajstić information content (AvgIpc) is 2.17. The predicted octanol–water partition coefficient (Wildman–Crippen LogP) is 4.16. The first-order valence-electron chi connectivity index (χ1n) is 4.49. The molecular weight excluding hydrogens is 283 g/mol. The van der Waals surface area contributed by atoms with Crippen LogP contribution in [0.4, 0.5) is 22.0 Å². The van der Waals surface area contributed by atoms with Gasteiger partial charge in [0.1, 0.15) is 5.75 Å². The average molecular weight is 289 g/mol. The number of alkyl halides is 5. The quantitative estimate of drug-likeness (QED) is 0.616. The molecule has 0 saturated heterocycles. The molecule has 0 amide bonds. The van der Waals surface area contributed by atoms with Crippen LogP contribution in [0.2, 0.25) is 5.02 Å². The second-order valence-electron chi connectivity index (χ2n) is 3.26. The summed E-state index contributed by atoms with van der Waals surface area (Å²) in [6, 6.07) is 0.940. The molecule has 0 radical (unpaired) electrons. The number of carbonyl (C=O) groups is 1. The summed E-state index contributed by atoms with van der Waals surface area (Å²) in [7, 11) is 0. The lowest BCUT2D eigenvalue weighted by Crippen LogP contribution is -2.12. The first kappa shape index (κ1) is 14.7. The molecule has 1 rings (SSSR count). The Labute approximate surface area is 103 Å². The number of benzene rings is 1. The normalized spacial score (nSPS) is 11.8. The molecule has 100 valence electrons. The zero-order chi connectivity index (χ0) is 14.1. The monoisotopic (exact) mass is 288 g/mol. The standard InChI is InChI=1S/C10H6ClF5O2/c1-4(17)5-2-8(18-9(12)13)6(3-7(5)11)10(14,15)16/h2-3,9H,1H3. The zero-order valence-electron chi connectivity index (χ0n) is 8.82. The van der Waals surface area contributed by atoms with Crippen LogP contribution in [0.3, 0.4) is 0 Å². The topological polar surface area (TPSA) is 26.3 Å². The smallest absolute Gasteiger partial charge is 0.420 e. The van der Waals surface area contributed by atoms with Crippen molar-refractivity contribution >= 4 is 17.4 Å². The van der Waals surface area contributed by atoms with Crippen molar-refractivity contribution in [2.45, 2.75) is 19.7 Å². The minimum Gasteiger partial charge on any atom is -0.434 e. The van der Waals surface area contributed by atoms with Crippen molar-refractivity contribution < 1.29 is 31.5 Å². The molecular formula is C10H6ClF5O2. The van der Waals surface area contributed by atoms with E-state index in [0.717, 1.165) is 6.92 Å². The van der Waals surface area contributed by atoms with Crippen LogP contribution in [0.15, 0.2) is 12.1 Å². The molecule has 0 spiro atoms. The summed E-state index contributed by atoms with van der Waals surface area (Å²) >= 11 is 5.48. The third-order valence-electron chi connectivity index (χ3n) is 1.97. The molecule has 0 fully saturated rings. The fraction of sp³-hybridized carbons (Fsp3) is 0.300. The van der Waals surface area contributed by atoms with Gasteiger partial charge in [0.25, 0.3) is 0 Å². The van der Waals surface area contributed by atoms with Crippen LogP contribution in [0.25, 0.3) is 0 Å². The minimum atomic E-state index is -4.91. The van der Waals surface area contributed by atoms with Crippen LogP contribution in [0.1, 0.15) is 22.8 Å². The summed E-state index contributed by atoms with van der Waals surface area (Å²) in [4.78, 5) is 11.1. The highest BCUT2D eigenvalue weighted by atomic mass is 35.5. The second-order valence-corrected chi connectivity index (χ2v) is 3.67. The number of ketones is 1. The molecule has 0 heterocycles. The maximum Gasteiger partial charge on any atom is 0.420 e. The van der Waals surface area contributed by atoms with Crippen LogP contribution in [-0.4, -0.2) is 12.4 Å². The van der Waals surface area contributed by atoms with Gasteiger partial charge < -0.3 is 4.74 Å². The molecule has 0 atom stereocenters. The Balaban J connectivity index is 3.42. The highest BCUT2D eigenvalue weighted by molar-refractivity contribution is 6.34. The van der Waals surface area contributed by atoms with Gasteiger partial charge in [0.05, 0.1) is 10.6 Å². The number of hydrogen-bond acceptors (Lipinski definition) is 2. The summed E-state index contributed by atoms with van der Waals surface area (Å²) in [5, 5.41) is -0.476. The fourth-order valence-corrected chi connectivity index (χ4v) is 1.53. The highest BCUT2D eigenvalue weighted by Crippen LogP contribution is 2.39. The summed E-state index contributed by atoms with van der Waals surface area (Å²) in [5.41, 5.74) is -1.78. The summed E-state index contributed by atoms with van der Waals surface area (Å²) in [6.45, 7) is -2.40. The van der Waals surface area contributed by atoms with Gasteiger partial charge in [0, 0.05) is 5.56 Å². The van der Waals surface area contributed by atoms with Crippen LogP contribution in [-0.2, 0) is 6.18 Å². The van der Waals surface area contributed by atoms with Gasteiger partial charge in [-0.15, -0.1) is 0 Å². The van der Waals surface area contributed by atoms with Gasteiger partial charge in [-0.1, -0.05) is 11.6 Å². The Kier molecular flexibility index (Phi) is 4.16. The first-order valence-corrected chi connectivity index (χ1v) is 4.87. The van der Waals surface area contributed by atoms with E-state index in [4.69, 9.17) is 11.6 Å². The highest BCUT2D eigenvalue weighted by Gasteiger charge is 2.36. The lowest BCUT2D eigenvalue weighted by molar-refractivity contribution is -0.141. The molecule has 2 nitrogen and oxygen atoms in total. The maximum absolute atomic E-state index is 12.5. The van der Waals surface area contributed by atoms with E-state index in [1.807, 2.05) is 0 Å². The largest absolute Gasteiger partial charge is 0.434 e. The first-order chi connectivity index (χ1) is 8.12. The van der Waals surface area contributed by atoms with Crippen molar-refractivity contribution in [1.29, 1.82) is 0 Å². The van der Waals surface area contributed by atoms with Crippen LogP contribution >= 0.6 is 11.6 Å². The van der Waals surface area contributed by atoms with Crippen molar-refractivity contribution in [1.82, 2.24) is 0 Å². The predicted molar refractivity (Wildman–Crippen MR) is 53.1 cm³/mol. The van der Waals surface area contributed by atoms with Crippen LogP contribution < -0.4 is 4.74 Å². The lowest BCUT2D eigenvalue weighted by atomic mass is 10.1. The van der Waals surface area contributed by atoms with Gasteiger partial charge in [0.2, 0.25) is 0 Å². The van der Waals surface area contributed by atoms with Crippen molar-refractivity contribution in [3.63, 3.8) is 0 Å². The molecule has 1 aromatic carbocycles. The van der Waals surface area contributed by atoms with E-state index in [0.29, 0.717) is 12.1 Å². The van der Waals surface area contributed by atoms with E-state index in [-0.39, 0.29) is 5.56 Å². The molecule has 0 unspecified atom stereocenters. The summed E-state index contributed by atoms with van der Waals surface area (Å²) in [5.74, 6) is -1.79. The molecule has 0 bridgehead atoms. The van der Waals surface area contributed by atoms with E-state index < -0.39 is 34.9 Å². The molecule has 1 aromatic rings. The summed E-state index contributed by atoms with van der Waals surface area (Å²) in [6.07, 6.45) is -4.91. The van der Waals surface area contributed by atoms with Gasteiger partial charge in [-0.3, -0.25) is 4.79 Å². The lowest BCUT2D eigenvalue weighted by Gasteiger charge is -2.15. The molecule has 0 aliphatic heterocycles. The number of rotatable bonds is 3. The van der Waals surface area contributed by atoms with Crippen molar-refractivity contribution in [2.24, 2.45) is 0 Å².